The van der Waals surface area contributed by atoms with Crippen LogP contribution in [0.15, 0.2) is 0 Å². The monoisotopic (exact) mass is 170 g/mol. The Hall–Kier alpha value is -0.0400. The van der Waals surface area contributed by atoms with Gasteiger partial charge in [0.1, 0.15) is 0 Å². The van der Waals surface area contributed by atoms with Crippen molar-refractivity contribution in [2.24, 2.45) is 11.3 Å². The van der Waals surface area contributed by atoms with Gasteiger partial charge in [-0.3, -0.25) is 0 Å². The second-order valence-electron chi connectivity index (χ2n) is 5.52. The molecular weight excluding hydrogens is 148 g/mol. The molecule has 1 heteroatoms. The van der Waals surface area contributed by atoms with Crippen LogP contribution >= 0.6 is 0 Å². The Bertz CT molecular complexity index is 142. The van der Waals surface area contributed by atoms with E-state index in [4.69, 9.17) is 0 Å². The van der Waals surface area contributed by atoms with Crippen LogP contribution < -0.4 is 0 Å². The maximum atomic E-state index is 10.0. The van der Waals surface area contributed by atoms with Gasteiger partial charge in [0, 0.05) is 0 Å². The molecule has 1 aliphatic carbocycles. The summed E-state index contributed by atoms with van der Waals surface area (Å²) in [7, 11) is 0. The molecule has 0 spiro atoms. The number of hydrogen-bond donors (Lipinski definition) is 1. The fourth-order valence-corrected chi connectivity index (χ4v) is 2.94. The first kappa shape index (κ1) is 10.0. The van der Waals surface area contributed by atoms with E-state index in [-0.39, 0.29) is 0 Å². The van der Waals surface area contributed by atoms with Gasteiger partial charge >= 0.3 is 0 Å². The summed E-state index contributed by atoms with van der Waals surface area (Å²) in [6.07, 6.45) is 4.43. The summed E-state index contributed by atoms with van der Waals surface area (Å²) in [5.41, 5.74) is -0.0785. The summed E-state index contributed by atoms with van der Waals surface area (Å²) in [4.78, 5) is 0. The molecule has 1 N–H and O–H groups in total. The first-order chi connectivity index (χ1) is 5.35. The molecule has 0 aromatic carbocycles. The molecular formula is C11H22O. The molecule has 0 aromatic heterocycles. The van der Waals surface area contributed by atoms with Crippen LogP contribution in [0.2, 0.25) is 0 Å². The van der Waals surface area contributed by atoms with Crippen LogP contribution in [0.1, 0.15) is 53.4 Å². The lowest BCUT2D eigenvalue weighted by Gasteiger charge is -2.43. The Balaban J connectivity index is 2.66. The zero-order valence-electron chi connectivity index (χ0n) is 8.85. The van der Waals surface area contributed by atoms with Crippen molar-refractivity contribution in [2.75, 3.05) is 0 Å². The van der Waals surface area contributed by atoms with Crippen LogP contribution in [-0.4, -0.2) is 10.7 Å². The maximum Gasteiger partial charge on any atom is 0.0627 e. The van der Waals surface area contributed by atoms with Crippen molar-refractivity contribution in [1.82, 2.24) is 0 Å². The van der Waals surface area contributed by atoms with E-state index in [0.29, 0.717) is 5.41 Å². The second-order valence-corrected chi connectivity index (χ2v) is 5.52. The predicted molar refractivity (Wildman–Crippen MR) is 52.0 cm³/mol. The Morgan fingerprint density at radius 3 is 2.25 bits per heavy atom. The van der Waals surface area contributed by atoms with Gasteiger partial charge in [-0.1, -0.05) is 27.2 Å². The molecule has 1 aliphatic rings. The van der Waals surface area contributed by atoms with E-state index < -0.39 is 5.60 Å². The Labute approximate surface area is 76.2 Å². The highest BCUT2D eigenvalue weighted by molar-refractivity contribution is 4.90. The van der Waals surface area contributed by atoms with Gasteiger partial charge < -0.3 is 5.11 Å². The van der Waals surface area contributed by atoms with E-state index in [1.54, 1.807) is 0 Å². The first-order valence-electron chi connectivity index (χ1n) is 5.07. The van der Waals surface area contributed by atoms with Crippen LogP contribution in [0.4, 0.5) is 0 Å². The molecule has 0 bridgehead atoms. The number of aliphatic hydroxyl groups is 1. The molecule has 1 nitrogen and oxygen atoms in total. The highest BCUT2D eigenvalue weighted by Crippen LogP contribution is 2.44. The van der Waals surface area contributed by atoms with Crippen LogP contribution in [0.5, 0.6) is 0 Å². The van der Waals surface area contributed by atoms with E-state index in [1.807, 2.05) is 6.92 Å². The molecule has 0 saturated heterocycles. The third-order valence-electron chi connectivity index (χ3n) is 3.01. The lowest BCUT2D eigenvalue weighted by atomic mass is 9.65. The van der Waals surface area contributed by atoms with Gasteiger partial charge in [0.2, 0.25) is 0 Å². The van der Waals surface area contributed by atoms with Gasteiger partial charge in [-0.15, -0.1) is 0 Å². The molecule has 0 radical (unpaired) electrons. The first-order valence-corrected chi connectivity index (χ1v) is 5.07. The minimum atomic E-state index is -0.414. The van der Waals surface area contributed by atoms with Crippen molar-refractivity contribution in [2.45, 2.75) is 59.0 Å². The van der Waals surface area contributed by atoms with Crippen LogP contribution in [0, 0.1) is 11.3 Å². The molecule has 0 aromatic rings. The fourth-order valence-electron chi connectivity index (χ4n) is 2.94. The van der Waals surface area contributed by atoms with Crippen molar-refractivity contribution >= 4 is 0 Å². The van der Waals surface area contributed by atoms with Crippen LogP contribution in [-0.2, 0) is 0 Å². The van der Waals surface area contributed by atoms with Gasteiger partial charge in [-0.25, -0.2) is 0 Å². The largest absolute Gasteiger partial charge is 0.390 e. The fraction of sp³-hybridized carbons (Fsp3) is 1.00. The third kappa shape index (κ3) is 2.48. The molecule has 1 rings (SSSR count). The Morgan fingerprint density at radius 2 is 1.83 bits per heavy atom. The molecule has 12 heavy (non-hydrogen) atoms. The molecule has 0 amide bonds. The summed E-state index contributed by atoms with van der Waals surface area (Å²) >= 11 is 0. The second kappa shape index (κ2) is 3.02. The van der Waals surface area contributed by atoms with Gasteiger partial charge in [-0.05, 0) is 37.5 Å². The zero-order chi connectivity index (χ0) is 9.41. The number of hydrogen-bond acceptors (Lipinski definition) is 1. The average molecular weight is 170 g/mol. The smallest absolute Gasteiger partial charge is 0.0627 e. The highest BCUT2D eigenvalue weighted by atomic mass is 16.3. The summed E-state index contributed by atoms with van der Waals surface area (Å²) in [6, 6.07) is 0. The summed E-state index contributed by atoms with van der Waals surface area (Å²) < 4.78 is 0. The molecule has 1 fully saturated rings. The molecule has 72 valence electrons. The maximum absolute atomic E-state index is 10.0. The Morgan fingerprint density at radius 1 is 1.25 bits per heavy atom. The minimum absolute atomic E-state index is 0.336. The lowest BCUT2D eigenvalue weighted by molar-refractivity contribution is -0.0478. The average Bonchev–Trinajstić information content (AvgIpc) is 1.80. The van der Waals surface area contributed by atoms with Gasteiger partial charge in [0.25, 0.3) is 0 Å². The standard InChI is InChI=1S/C11H22O/c1-5-9-6-10(2,3)8-11(4,12)7-9/h9,12H,5-8H2,1-4H3/t9-,11+/m1/s1. The van der Waals surface area contributed by atoms with Gasteiger partial charge in [-0.2, -0.15) is 0 Å². The molecule has 1 saturated carbocycles. The van der Waals surface area contributed by atoms with Gasteiger partial charge in [0.15, 0.2) is 0 Å². The van der Waals surface area contributed by atoms with Crippen molar-refractivity contribution in [1.29, 1.82) is 0 Å². The highest BCUT2D eigenvalue weighted by Gasteiger charge is 2.38. The zero-order valence-corrected chi connectivity index (χ0v) is 8.85. The minimum Gasteiger partial charge on any atom is -0.390 e. The van der Waals surface area contributed by atoms with Crippen molar-refractivity contribution in [3.05, 3.63) is 0 Å². The summed E-state index contributed by atoms with van der Waals surface area (Å²) in [6.45, 7) is 8.74. The Kier molecular flexibility index (Phi) is 2.53. The molecule has 0 heterocycles. The van der Waals surface area contributed by atoms with Crippen molar-refractivity contribution in [3.8, 4) is 0 Å². The van der Waals surface area contributed by atoms with Crippen molar-refractivity contribution in [3.63, 3.8) is 0 Å². The summed E-state index contributed by atoms with van der Waals surface area (Å²) in [5.74, 6) is 0.726. The third-order valence-corrected chi connectivity index (χ3v) is 3.01. The predicted octanol–water partition coefficient (Wildman–Crippen LogP) is 2.97. The topological polar surface area (TPSA) is 20.2 Å². The number of rotatable bonds is 1. The quantitative estimate of drug-likeness (QED) is 0.641. The normalized spacial score (nSPS) is 41.2. The summed E-state index contributed by atoms with van der Waals surface area (Å²) in [5, 5.41) is 10.0. The van der Waals surface area contributed by atoms with E-state index in [2.05, 4.69) is 20.8 Å². The lowest BCUT2D eigenvalue weighted by Crippen LogP contribution is -2.40. The molecule has 0 unspecified atom stereocenters. The van der Waals surface area contributed by atoms with E-state index in [0.717, 1.165) is 18.8 Å². The van der Waals surface area contributed by atoms with E-state index in [9.17, 15) is 5.11 Å². The van der Waals surface area contributed by atoms with Crippen LogP contribution in [0.25, 0.3) is 0 Å². The molecule has 2 atom stereocenters. The SMILES string of the molecule is CC[C@@H]1CC(C)(C)C[C@@](C)(O)C1. The van der Waals surface area contributed by atoms with E-state index in [1.165, 1.54) is 12.8 Å². The van der Waals surface area contributed by atoms with Gasteiger partial charge in [0.05, 0.1) is 5.60 Å². The molecule has 0 aliphatic heterocycles. The van der Waals surface area contributed by atoms with Crippen LogP contribution in [0.3, 0.4) is 0 Å². The van der Waals surface area contributed by atoms with Crippen molar-refractivity contribution < 1.29 is 5.11 Å². The van der Waals surface area contributed by atoms with E-state index >= 15 is 0 Å².